The maximum Gasteiger partial charge on any atom is 0.571 e. The zero-order chi connectivity index (χ0) is 25.2. The minimum atomic E-state index is -4.93. The number of ether oxygens (including phenoxy) is 3. The van der Waals surface area contributed by atoms with Gasteiger partial charge in [0.05, 0.1) is 17.1 Å². The van der Waals surface area contributed by atoms with Gasteiger partial charge in [-0.2, -0.15) is 0 Å². The lowest BCUT2D eigenvalue weighted by Gasteiger charge is -2.15. The molecule has 2 fully saturated rings. The lowest BCUT2D eigenvalue weighted by atomic mass is 9.95. The average molecular weight is 514 g/mol. The summed E-state index contributed by atoms with van der Waals surface area (Å²) in [6, 6.07) is 6.07. The van der Waals surface area contributed by atoms with Gasteiger partial charge in [0.1, 0.15) is 30.7 Å². The van der Waals surface area contributed by atoms with Crippen molar-refractivity contribution in [3.8, 4) is 5.75 Å². The van der Waals surface area contributed by atoms with Gasteiger partial charge in [-0.1, -0.05) is 48.8 Å². The summed E-state index contributed by atoms with van der Waals surface area (Å²) in [5, 5.41) is 0. The Balaban J connectivity index is 1.79. The van der Waals surface area contributed by atoms with Crippen LogP contribution in [0.2, 0.25) is 0 Å². The molecular formula is C25H32F3N2O4S+. The zero-order valence-electron chi connectivity index (χ0n) is 20.3. The van der Waals surface area contributed by atoms with Gasteiger partial charge in [0.2, 0.25) is 0 Å². The average Bonchev–Trinajstić information content (AvgIpc) is 3.54. The van der Waals surface area contributed by atoms with Crippen LogP contribution in [0.25, 0.3) is 0 Å². The molecule has 2 atom stereocenters. The SMILES string of the molecule is CC(C)(C)c1cn(C[C@H]2CCCO2)/c(=[N+](\C(=O)c2ccccc2OC[C@H]2CCCO2)C(F)(F)F)s1. The van der Waals surface area contributed by atoms with Gasteiger partial charge in [0.15, 0.2) is 0 Å². The van der Waals surface area contributed by atoms with Gasteiger partial charge in [-0.15, -0.1) is 13.2 Å². The molecular weight excluding hydrogens is 481 g/mol. The molecule has 2 aliphatic heterocycles. The van der Waals surface area contributed by atoms with Crippen molar-refractivity contribution in [2.45, 2.75) is 76.9 Å². The molecule has 4 rings (SSSR count). The Morgan fingerprint density at radius 1 is 1.11 bits per heavy atom. The quantitative estimate of drug-likeness (QED) is 0.415. The van der Waals surface area contributed by atoms with E-state index in [1.807, 2.05) is 20.8 Å². The van der Waals surface area contributed by atoms with Crippen LogP contribution in [-0.2, 0) is 21.4 Å². The van der Waals surface area contributed by atoms with Gasteiger partial charge >= 0.3 is 17.0 Å². The van der Waals surface area contributed by atoms with E-state index in [9.17, 15) is 18.0 Å². The molecule has 0 saturated carbocycles. The predicted molar refractivity (Wildman–Crippen MR) is 127 cm³/mol. The van der Waals surface area contributed by atoms with Crippen molar-refractivity contribution in [2.75, 3.05) is 19.8 Å². The third kappa shape index (κ3) is 6.16. The number of halogens is 3. The lowest BCUT2D eigenvalue weighted by molar-refractivity contribution is -0.164. The summed E-state index contributed by atoms with van der Waals surface area (Å²) in [6.45, 7) is 7.47. The lowest BCUT2D eigenvalue weighted by Crippen LogP contribution is -2.48. The summed E-state index contributed by atoms with van der Waals surface area (Å²) in [7, 11) is 0. The fourth-order valence-electron chi connectivity index (χ4n) is 4.20. The van der Waals surface area contributed by atoms with Crippen LogP contribution in [0.1, 0.15) is 61.7 Å². The molecule has 2 saturated heterocycles. The molecule has 35 heavy (non-hydrogen) atoms. The molecule has 6 nitrogen and oxygen atoms in total. The first-order valence-corrected chi connectivity index (χ1v) is 12.8. The summed E-state index contributed by atoms with van der Waals surface area (Å²) in [5.74, 6) is -1.07. The van der Waals surface area contributed by atoms with Crippen molar-refractivity contribution in [1.29, 1.82) is 0 Å². The second kappa shape index (κ2) is 10.4. The number of benzene rings is 1. The molecule has 0 N–H and O–H groups in total. The number of amides is 1. The van der Waals surface area contributed by atoms with Gasteiger partial charge in [-0.25, -0.2) is 9.36 Å². The Morgan fingerprint density at radius 2 is 1.77 bits per heavy atom. The van der Waals surface area contributed by atoms with Crippen LogP contribution in [0.15, 0.2) is 30.5 Å². The van der Waals surface area contributed by atoms with Crippen LogP contribution in [0.5, 0.6) is 5.75 Å². The maximum atomic E-state index is 14.5. The Morgan fingerprint density at radius 3 is 2.37 bits per heavy atom. The van der Waals surface area contributed by atoms with Crippen LogP contribution in [0, 0.1) is 0 Å². The topological polar surface area (TPSA) is 52.7 Å². The molecule has 0 bridgehead atoms. The van der Waals surface area contributed by atoms with Crippen molar-refractivity contribution in [3.63, 3.8) is 0 Å². The molecule has 0 aliphatic carbocycles. The van der Waals surface area contributed by atoms with E-state index in [4.69, 9.17) is 14.2 Å². The molecule has 1 aromatic carbocycles. The third-order valence-corrected chi connectivity index (χ3v) is 7.64. The molecule has 2 aliphatic rings. The van der Waals surface area contributed by atoms with Crippen LogP contribution in [0.3, 0.4) is 0 Å². The standard InChI is InChI=1S/C25H32F3N2O4S/c1-24(2,3)21-15-29(14-17-8-6-12-32-17)23(35-21)30(25(26,27)28)22(31)19-10-4-5-11-20(19)34-16-18-9-7-13-33-18/h4-5,10-11,15,17-18H,6-9,12-14,16H2,1-3H3/q+1/t17-,18-/m1/s1. The Kier molecular flexibility index (Phi) is 7.73. The Bertz CT molecular complexity index is 1100. The van der Waals surface area contributed by atoms with Crippen molar-refractivity contribution in [2.24, 2.45) is 0 Å². The highest BCUT2D eigenvalue weighted by Gasteiger charge is 2.47. The Hall–Kier alpha value is -2.17. The van der Waals surface area contributed by atoms with E-state index in [1.165, 1.54) is 22.8 Å². The molecule has 2 aromatic rings. The fraction of sp³-hybridized carbons (Fsp3) is 0.600. The molecule has 1 amide bonds. The number of para-hydroxylation sites is 1. The molecule has 0 radical (unpaired) electrons. The summed E-state index contributed by atoms with van der Waals surface area (Å²) >= 11 is 0.979. The summed E-state index contributed by atoms with van der Waals surface area (Å²) < 4.78 is 62.0. The van der Waals surface area contributed by atoms with Crippen LogP contribution in [0.4, 0.5) is 13.2 Å². The number of hydrogen-bond acceptors (Lipinski definition) is 5. The van der Waals surface area contributed by atoms with Gasteiger partial charge in [-0.05, 0) is 37.8 Å². The first kappa shape index (κ1) is 25.9. The minimum absolute atomic E-state index is 0.0594. The predicted octanol–water partition coefficient (Wildman–Crippen LogP) is 4.72. The number of nitrogens with zero attached hydrogens (tertiary/aromatic N) is 2. The second-order valence-corrected chi connectivity index (χ2v) is 11.0. The first-order valence-electron chi connectivity index (χ1n) is 11.9. The Labute approximate surface area is 206 Å². The highest BCUT2D eigenvalue weighted by molar-refractivity contribution is 7.09. The minimum Gasteiger partial charge on any atom is -0.490 e. The van der Waals surface area contributed by atoms with Crippen LogP contribution >= 0.6 is 11.3 Å². The number of alkyl halides is 3. The maximum absolute atomic E-state index is 14.5. The molecule has 0 unspecified atom stereocenters. The van der Waals surface area contributed by atoms with Gasteiger partial charge in [0.25, 0.3) is 0 Å². The van der Waals surface area contributed by atoms with E-state index in [2.05, 4.69) is 0 Å². The van der Waals surface area contributed by atoms with Gasteiger partial charge in [-0.3, -0.25) is 0 Å². The summed E-state index contributed by atoms with van der Waals surface area (Å²) in [6.07, 6.45) is -0.161. The second-order valence-electron chi connectivity index (χ2n) is 9.97. The number of rotatable bonds is 6. The summed E-state index contributed by atoms with van der Waals surface area (Å²) in [4.78, 5) is 14.1. The monoisotopic (exact) mass is 513 g/mol. The number of thiazole rings is 1. The summed E-state index contributed by atoms with van der Waals surface area (Å²) in [5.41, 5.74) is -0.527. The van der Waals surface area contributed by atoms with Crippen LogP contribution < -0.4 is 14.1 Å². The number of carbonyl (C=O) groups is 1. The van der Waals surface area contributed by atoms with E-state index in [0.29, 0.717) is 13.2 Å². The van der Waals surface area contributed by atoms with E-state index >= 15 is 0 Å². The number of hydrogen-bond donors (Lipinski definition) is 0. The normalized spacial score (nSPS) is 21.9. The fourth-order valence-corrected chi connectivity index (χ4v) is 5.40. The van der Waals surface area contributed by atoms with E-state index in [0.717, 1.165) is 41.9 Å². The number of aromatic nitrogens is 1. The van der Waals surface area contributed by atoms with Crippen molar-refractivity contribution < 1.29 is 32.2 Å². The van der Waals surface area contributed by atoms with Crippen molar-refractivity contribution in [1.82, 2.24) is 9.14 Å². The third-order valence-electron chi connectivity index (χ3n) is 6.10. The first-order chi connectivity index (χ1) is 16.5. The van der Waals surface area contributed by atoms with Gasteiger partial charge < -0.3 is 14.2 Å². The van der Waals surface area contributed by atoms with Gasteiger partial charge in [0, 0.05) is 18.6 Å². The van der Waals surface area contributed by atoms with E-state index in [-0.39, 0.29) is 51.5 Å². The van der Waals surface area contributed by atoms with E-state index in [1.54, 1.807) is 12.3 Å². The van der Waals surface area contributed by atoms with Crippen molar-refractivity contribution in [3.05, 3.63) is 45.7 Å². The van der Waals surface area contributed by atoms with Crippen molar-refractivity contribution >= 4 is 17.2 Å². The largest absolute Gasteiger partial charge is 0.571 e. The highest BCUT2D eigenvalue weighted by Crippen LogP contribution is 2.28. The van der Waals surface area contributed by atoms with Crippen LogP contribution in [-0.4, -0.2) is 48.8 Å². The molecule has 3 heterocycles. The number of carbonyl (C=O) groups excluding carboxylic acids is 1. The molecule has 10 heteroatoms. The molecule has 192 valence electrons. The molecule has 0 spiro atoms. The highest BCUT2D eigenvalue weighted by atomic mass is 32.1. The zero-order valence-corrected chi connectivity index (χ0v) is 21.1. The molecule has 1 aromatic heterocycles. The smallest absolute Gasteiger partial charge is 0.490 e. The van der Waals surface area contributed by atoms with E-state index < -0.39 is 12.2 Å².